The molecular formula is C6H16O2Si2. The van der Waals surface area contributed by atoms with Crippen molar-refractivity contribution in [2.24, 2.45) is 0 Å². The van der Waals surface area contributed by atoms with E-state index in [1.807, 2.05) is 0 Å². The quantitative estimate of drug-likeness (QED) is 0.521. The minimum absolute atomic E-state index is 0.934. The maximum absolute atomic E-state index is 5.85. The Bertz CT molecular complexity index is 116. The van der Waals surface area contributed by atoms with Crippen LogP contribution in [0.25, 0.3) is 0 Å². The van der Waals surface area contributed by atoms with Crippen molar-refractivity contribution in [2.45, 2.75) is 32.1 Å². The van der Waals surface area contributed by atoms with Crippen molar-refractivity contribution in [1.82, 2.24) is 0 Å². The van der Waals surface area contributed by atoms with E-state index in [0.29, 0.717) is 0 Å². The molecule has 0 aromatic rings. The number of hydrogen-bond acceptors (Lipinski definition) is 2. The van der Waals surface area contributed by atoms with Crippen LogP contribution in [0.15, 0.2) is 0 Å². The second kappa shape index (κ2) is 3.17. The Morgan fingerprint density at radius 2 is 2.10 bits per heavy atom. The Labute approximate surface area is 65.5 Å². The second-order valence-electron chi connectivity index (χ2n) is 3.42. The van der Waals surface area contributed by atoms with Gasteiger partial charge >= 0.3 is 9.28 Å². The van der Waals surface area contributed by atoms with Gasteiger partial charge in [0.05, 0.1) is 0 Å². The maximum Gasteiger partial charge on any atom is 0.307 e. The van der Waals surface area contributed by atoms with Crippen LogP contribution in [-0.4, -0.2) is 24.2 Å². The first-order chi connectivity index (χ1) is 4.60. The Morgan fingerprint density at radius 3 is 2.80 bits per heavy atom. The van der Waals surface area contributed by atoms with Crippen LogP contribution < -0.4 is 0 Å². The van der Waals surface area contributed by atoms with Gasteiger partial charge in [0.25, 0.3) is 0 Å². The topological polar surface area (TPSA) is 18.5 Å². The van der Waals surface area contributed by atoms with Crippen molar-refractivity contribution < 1.29 is 8.54 Å². The predicted molar refractivity (Wildman–Crippen MR) is 47.0 cm³/mol. The molecule has 60 valence electrons. The molecule has 0 spiro atoms. The molecule has 1 rings (SSSR count). The summed E-state index contributed by atoms with van der Waals surface area (Å²) in [6.07, 6.45) is 1.20. The molecule has 1 atom stereocenters. The van der Waals surface area contributed by atoms with Crippen molar-refractivity contribution in [3.8, 4) is 0 Å². The lowest BCUT2D eigenvalue weighted by molar-refractivity contribution is 0.284. The predicted octanol–water partition coefficient (Wildman–Crippen LogP) is 1.48. The van der Waals surface area contributed by atoms with Crippen LogP contribution in [0.5, 0.6) is 0 Å². The van der Waals surface area contributed by atoms with Gasteiger partial charge in [0.2, 0.25) is 0 Å². The lowest BCUT2D eigenvalue weighted by Crippen LogP contribution is -2.35. The second-order valence-corrected chi connectivity index (χ2v) is 9.85. The monoisotopic (exact) mass is 176 g/mol. The highest BCUT2D eigenvalue weighted by Gasteiger charge is 2.27. The van der Waals surface area contributed by atoms with Gasteiger partial charge in [-0.3, -0.25) is 0 Å². The van der Waals surface area contributed by atoms with E-state index >= 15 is 0 Å². The third-order valence-electron chi connectivity index (χ3n) is 1.76. The van der Waals surface area contributed by atoms with Crippen molar-refractivity contribution in [3.63, 3.8) is 0 Å². The van der Waals surface area contributed by atoms with E-state index in [2.05, 4.69) is 19.6 Å². The summed E-state index contributed by atoms with van der Waals surface area (Å²) in [5, 5.41) is 0. The van der Waals surface area contributed by atoms with Crippen LogP contribution in [0.3, 0.4) is 0 Å². The molecule has 1 aliphatic rings. The van der Waals surface area contributed by atoms with Crippen LogP contribution >= 0.6 is 0 Å². The summed E-state index contributed by atoms with van der Waals surface area (Å²) in [7, 11) is -2.47. The van der Waals surface area contributed by atoms with E-state index < -0.39 is 17.6 Å². The molecule has 10 heavy (non-hydrogen) atoms. The smallest absolute Gasteiger partial charge is 0.307 e. The zero-order chi connectivity index (χ0) is 7.61. The third-order valence-corrected chi connectivity index (χ3v) is 7.90. The molecule has 0 amide bonds. The van der Waals surface area contributed by atoms with E-state index in [4.69, 9.17) is 8.54 Å². The summed E-state index contributed by atoms with van der Waals surface area (Å²) in [6.45, 7) is 7.63. The molecule has 2 nitrogen and oxygen atoms in total. The summed E-state index contributed by atoms with van der Waals surface area (Å²) in [4.78, 5) is 0. The Kier molecular flexibility index (Phi) is 2.68. The van der Waals surface area contributed by atoms with Crippen LogP contribution in [0.4, 0.5) is 0 Å². The average molecular weight is 176 g/mol. The minimum atomic E-state index is -1.27. The summed E-state index contributed by atoms with van der Waals surface area (Å²) < 4.78 is 11.3. The van der Waals surface area contributed by atoms with Crippen LogP contribution in [0.2, 0.25) is 25.7 Å². The van der Waals surface area contributed by atoms with Gasteiger partial charge < -0.3 is 8.54 Å². The molecule has 1 heterocycles. The van der Waals surface area contributed by atoms with Gasteiger partial charge in [0, 0.05) is 6.61 Å². The largest absolute Gasteiger partial charge is 0.438 e. The highest BCUT2D eigenvalue weighted by atomic mass is 28.4. The molecule has 1 unspecified atom stereocenters. The van der Waals surface area contributed by atoms with Gasteiger partial charge in [-0.2, -0.15) is 0 Å². The number of hydrogen-bond donors (Lipinski definition) is 0. The molecule has 0 N–H and O–H groups in total. The lowest BCUT2D eigenvalue weighted by Gasteiger charge is -2.22. The average Bonchev–Trinajstić information content (AvgIpc) is 1.90. The first-order valence-electron chi connectivity index (χ1n) is 3.90. The zero-order valence-electron chi connectivity index (χ0n) is 7.02. The summed E-state index contributed by atoms with van der Waals surface area (Å²) in [6, 6.07) is 1.27. The Hall–Kier alpha value is 0.354. The highest BCUT2D eigenvalue weighted by Crippen LogP contribution is 2.18. The van der Waals surface area contributed by atoms with Gasteiger partial charge in [0.15, 0.2) is 8.32 Å². The standard InChI is InChI=1S/C6H16O2Si2/c1-9-7-5-4-6-10(2,3)8-9/h9H,4-6H2,1-3H3. The molecule has 0 aromatic carbocycles. The SMILES string of the molecule is C[SiH]1OCCC[Si](C)(C)O1. The first-order valence-corrected chi connectivity index (χ1v) is 9.11. The van der Waals surface area contributed by atoms with E-state index in [0.717, 1.165) is 6.61 Å². The maximum atomic E-state index is 5.85. The van der Waals surface area contributed by atoms with Gasteiger partial charge in [-0.1, -0.05) is 0 Å². The minimum Gasteiger partial charge on any atom is -0.438 e. The summed E-state index contributed by atoms with van der Waals surface area (Å²) in [5.41, 5.74) is 0. The molecule has 4 heteroatoms. The first kappa shape index (κ1) is 8.45. The van der Waals surface area contributed by atoms with Crippen molar-refractivity contribution in [3.05, 3.63) is 0 Å². The normalized spacial score (nSPS) is 33.3. The van der Waals surface area contributed by atoms with Crippen LogP contribution in [-0.2, 0) is 8.54 Å². The van der Waals surface area contributed by atoms with Gasteiger partial charge in [0.1, 0.15) is 0 Å². The van der Waals surface area contributed by atoms with E-state index in [1.165, 1.54) is 12.5 Å². The van der Waals surface area contributed by atoms with Crippen molar-refractivity contribution in [2.75, 3.05) is 6.61 Å². The van der Waals surface area contributed by atoms with Gasteiger partial charge in [-0.25, -0.2) is 0 Å². The van der Waals surface area contributed by atoms with E-state index in [-0.39, 0.29) is 0 Å². The van der Waals surface area contributed by atoms with E-state index in [1.54, 1.807) is 0 Å². The summed E-state index contributed by atoms with van der Waals surface area (Å²) in [5.74, 6) is 0. The molecule has 0 bridgehead atoms. The molecule has 0 radical (unpaired) electrons. The molecular weight excluding hydrogens is 160 g/mol. The molecule has 1 saturated heterocycles. The zero-order valence-corrected chi connectivity index (χ0v) is 9.17. The molecule has 0 saturated carbocycles. The fourth-order valence-corrected chi connectivity index (χ4v) is 7.12. The molecule has 1 fully saturated rings. The molecule has 1 aliphatic heterocycles. The third kappa shape index (κ3) is 2.53. The fourth-order valence-electron chi connectivity index (χ4n) is 1.29. The van der Waals surface area contributed by atoms with Crippen LogP contribution in [0, 0.1) is 0 Å². The Balaban J connectivity index is 2.46. The Morgan fingerprint density at radius 1 is 1.40 bits per heavy atom. The van der Waals surface area contributed by atoms with Gasteiger partial charge in [-0.15, -0.1) is 0 Å². The molecule has 0 aromatic heterocycles. The lowest BCUT2D eigenvalue weighted by atomic mass is 10.5. The number of rotatable bonds is 0. The van der Waals surface area contributed by atoms with Crippen LogP contribution in [0.1, 0.15) is 6.42 Å². The molecule has 0 aliphatic carbocycles. The highest BCUT2D eigenvalue weighted by molar-refractivity contribution is 6.77. The fraction of sp³-hybridized carbons (Fsp3) is 1.00. The summed E-state index contributed by atoms with van der Waals surface area (Å²) >= 11 is 0. The van der Waals surface area contributed by atoms with Crippen molar-refractivity contribution >= 4 is 17.6 Å². The van der Waals surface area contributed by atoms with E-state index in [9.17, 15) is 0 Å². The van der Waals surface area contributed by atoms with Crippen molar-refractivity contribution in [1.29, 1.82) is 0 Å². The van der Waals surface area contributed by atoms with Gasteiger partial charge in [-0.05, 0) is 32.1 Å².